The maximum absolute atomic E-state index is 13.2. The van der Waals surface area contributed by atoms with Crippen molar-refractivity contribution in [3.8, 4) is 5.75 Å². The summed E-state index contributed by atoms with van der Waals surface area (Å²) in [5.41, 5.74) is 0.905. The van der Waals surface area contributed by atoms with Crippen LogP contribution in [0.15, 0.2) is 18.2 Å². The summed E-state index contributed by atoms with van der Waals surface area (Å²) < 4.78 is 18.5. The van der Waals surface area contributed by atoms with Crippen LogP contribution < -0.4 is 28.7 Å². The molecule has 0 aliphatic heterocycles. The Labute approximate surface area is 115 Å². The number of likely N-dealkylation sites (N-methyl/N-ethyl adjacent to an activating group) is 1. The highest BCUT2D eigenvalue weighted by Gasteiger charge is 2.02. The fourth-order valence-electron chi connectivity index (χ4n) is 1.06. The molecule has 0 atom stereocenters. The molecule has 4 heteroatoms. The van der Waals surface area contributed by atoms with E-state index in [9.17, 15) is 4.39 Å². The van der Waals surface area contributed by atoms with Gasteiger partial charge in [0, 0.05) is 6.54 Å². The molecule has 0 radical (unpaired) electrons. The van der Waals surface area contributed by atoms with E-state index in [1.807, 2.05) is 32.0 Å². The lowest BCUT2D eigenvalue weighted by molar-refractivity contribution is -0.00000449. The SMILES string of the molecule is C.Cc1ccc(OCCN(C)C)c(F)c1.[I-]. The summed E-state index contributed by atoms with van der Waals surface area (Å²) in [5, 5.41) is 0. The van der Waals surface area contributed by atoms with Crippen molar-refractivity contribution < 1.29 is 33.1 Å². The molecule has 1 aromatic rings. The highest BCUT2D eigenvalue weighted by atomic mass is 127. The van der Waals surface area contributed by atoms with Crippen LogP contribution in [0.5, 0.6) is 5.75 Å². The Morgan fingerprint density at radius 3 is 2.44 bits per heavy atom. The first-order chi connectivity index (χ1) is 6.59. The van der Waals surface area contributed by atoms with Gasteiger partial charge in [0.05, 0.1) is 0 Å². The van der Waals surface area contributed by atoms with Crippen LogP contribution in [0, 0.1) is 12.7 Å². The maximum atomic E-state index is 13.2. The van der Waals surface area contributed by atoms with Gasteiger partial charge in [0.2, 0.25) is 0 Å². The number of benzene rings is 1. The predicted octanol–water partition coefficient (Wildman–Crippen LogP) is -0.285. The molecule has 0 spiro atoms. The molecule has 0 fully saturated rings. The molecule has 0 amide bonds. The van der Waals surface area contributed by atoms with E-state index in [0.29, 0.717) is 12.4 Å². The van der Waals surface area contributed by atoms with Crippen LogP contribution in [0.1, 0.15) is 13.0 Å². The van der Waals surface area contributed by atoms with Gasteiger partial charge < -0.3 is 33.6 Å². The summed E-state index contributed by atoms with van der Waals surface area (Å²) in [6.07, 6.45) is 0. The topological polar surface area (TPSA) is 12.5 Å². The minimum Gasteiger partial charge on any atom is -1.00 e. The number of halogens is 2. The van der Waals surface area contributed by atoms with Gasteiger partial charge in [0.25, 0.3) is 0 Å². The van der Waals surface area contributed by atoms with E-state index in [2.05, 4.69) is 0 Å². The highest BCUT2D eigenvalue weighted by Crippen LogP contribution is 2.17. The first-order valence-electron chi connectivity index (χ1n) is 4.63. The summed E-state index contributed by atoms with van der Waals surface area (Å²) in [6, 6.07) is 4.99. The lowest BCUT2D eigenvalue weighted by Gasteiger charge is -2.11. The minimum atomic E-state index is -0.288. The number of rotatable bonds is 4. The van der Waals surface area contributed by atoms with Crippen LogP contribution in [0.2, 0.25) is 0 Å². The molecule has 0 N–H and O–H groups in total. The second kappa shape index (κ2) is 8.75. The predicted molar refractivity (Wildman–Crippen MR) is 61.9 cm³/mol. The van der Waals surface area contributed by atoms with E-state index in [1.165, 1.54) is 6.07 Å². The normalized spacial score (nSPS) is 9.31. The van der Waals surface area contributed by atoms with Gasteiger partial charge in [-0.1, -0.05) is 13.5 Å². The number of nitrogens with zero attached hydrogens (tertiary/aromatic N) is 1. The molecule has 0 aliphatic carbocycles. The van der Waals surface area contributed by atoms with Gasteiger partial charge in [-0.2, -0.15) is 0 Å². The summed E-state index contributed by atoms with van der Waals surface area (Å²) in [4.78, 5) is 1.99. The molecule has 1 rings (SSSR count). The quantitative estimate of drug-likeness (QED) is 0.699. The van der Waals surface area contributed by atoms with Gasteiger partial charge in [-0.3, -0.25) is 0 Å². The molecule has 94 valence electrons. The standard InChI is InChI=1S/C11H16FNO.CH4.HI/c1-9-4-5-11(10(12)8-9)14-7-6-13(2)3;;/h4-5,8H,6-7H2,1-3H3;1H4;1H/p-1. The molecule has 0 saturated heterocycles. The van der Waals surface area contributed by atoms with Crippen LogP contribution >= 0.6 is 0 Å². The van der Waals surface area contributed by atoms with E-state index in [4.69, 9.17) is 4.74 Å². The molecule has 0 aliphatic rings. The van der Waals surface area contributed by atoms with E-state index in [-0.39, 0.29) is 37.2 Å². The zero-order chi connectivity index (χ0) is 10.6. The number of ether oxygens (including phenoxy) is 1. The van der Waals surface area contributed by atoms with Gasteiger partial charge in [0.15, 0.2) is 11.6 Å². The smallest absolute Gasteiger partial charge is 0.165 e. The van der Waals surface area contributed by atoms with E-state index < -0.39 is 0 Å². The second-order valence-corrected chi connectivity index (χ2v) is 3.59. The lowest BCUT2D eigenvalue weighted by Crippen LogP contribution is -3.00. The summed E-state index contributed by atoms with van der Waals surface area (Å²) in [7, 11) is 3.91. The Morgan fingerprint density at radius 2 is 1.94 bits per heavy atom. The Kier molecular flexibility index (Phi) is 9.86. The van der Waals surface area contributed by atoms with Crippen LogP contribution in [-0.4, -0.2) is 32.1 Å². The third-order valence-corrected chi connectivity index (χ3v) is 1.88. The van der Waals surface area contributed by atoms with Crippen molar-refractivity contribution in [2.75, 3.05) is 27.2 Å². The van der Waals surface area contributed by atoms with Crippen LogP contribution in [-0.2, 0) is 0 Å². The first kappa shape index (κ1) is 18.0. The van der Waals surface area contributed by atoms with Crippen LogP contribution in [0.25, 0.3) is 0 Å². The summed E-state index contributed by atoms with van der Waals surface area (Å²) in [5.74, 6) is 0.0428. The van der Waals surface area contributed by atoms with Gasteiger partial charge >= 0.3 is 0 Å². The first-order valence-corrected chi connectivity index (χ1v) is 4.63. The third-order valence-electron chi connectivity index (χ3n) is 1.88. The largest absolute Gasteiger partial charge is 1.00 e. The van der Waals surface area contributed by atoms with Crippen LogP contribution in [0.4, 0.5) is 4.39 Å². The van der Waals surface area contributed by atoms with Crippen LogP contribution in [0.3, 0.4) is 0 Å². The molecule has 1 aromatic carbocycles. The van der Waals surface area contributed by atoms with Gasteiger partial charge in [-0.05, 0) is 38.7 Å². The molecule has 2 nitrogen and oxygen atoms in total. The number of hydrogen-bond donors (Lipinski definition) is 0. The van der Waals surface area contributed by atoms with Crippen molar-refractivity contribution in [2.45, 2.75) is 14.4 Å². The number of aryl methyl sites for hydroxylation is 1. The third kappa shape index (κ3) is 6.27. The van der Waals surface area contributed by atoms with Crippen molar-refractivity contribution in [3.05, 3.63) is 29.6 Å². The van der Waals surface area contributed by atoms with E-state index >= 15 is 0 Å². The van der Waals surface area contributed by atoms with E-state index in [0.717, 1.165) is 12.1 Å². The van der Waals surface area contributed by atoms with Crippen molar-refractivity contribution in [3.63, 3.8) is 0 Å². The van der Waals surface area contributed by atoms with Gasteiger partial charge in [-0.15, -0.1) is 0 Å². The zero-order valence-electron chi connectivity index (χ0n) is 9.26. The van der Waals surface area contributed by atoms with Crippen molar-refractivity contribution in [1.82, 2.24) is 4.90 Å². The van der Waals surface area contributed by atoms with Gasteiger partial charge in [0.1, 0.15) is 6.61 Å². The fraction of sp³-hybridized carbons (Fsp3) is 0.500. The molecule has 0 heterocycles. The Bertz CT molecular complexity index is 305. The van der Waals surface area contributed by atoms with Crippen molar-refractivity contribution >= 4 is 0 Å². The summed E-state index contributed by atoms with van der Waals surface area (Å²) >= 11 is 0. The second-order valence-electron chi connectivity index (χ2n) is 3.59. The maximum Gasteiger partial charge on any atom is 0.165 e. The Morgan fingerprint density at radius 1 is 1.31 bits per heavy atom. The monoisotopic (exact) mass is 340 g/mol. The molecule has 0 aromatic heterocycles. The molecule has 16 heavy (non-hydrogen) atoms. The average molecular weight is 340 g/mol. The molecule has 0 unspecified atom stereocenters. The Hall–Kier alpha value is -0.360. The Balaban J connectivity index is 0. The molecule has 0 bridgehead atoms. The van der Waals surface area contributed by atoms with Gasteiger partial charge in [-0.25, -0.2) is 4.39 Å². The lowest BCUT2D eigenvalue weighted by atomic mass is 10.2. The van der Waals surface area contributed by atoms with E-state index in [1.54, 1.807) is 6.07 Å². The number of hydrogen-bond acceptors (Lipinski definition) is 2. The zero-order valence-corrected chi connectivity index (χ0v) is 11.4. The molecular weight excluding hydrogens is 320 g/mol. The van der Waals surface area contributed by atoms with Crippen molar-refractivity contribution in [2.24, 2.45) is 0 Å². The highest BCUT2D eigenvalue weighted by molar-refractivity contribution is 5.28. The fourth-order valence-corrected chi connectivity index (χ4v) is 1.06. The minimum absolute atomic E-state index is 0. The average Bonchev–Trinajstić information content (AvgIpc) is 2.08. The molecule has 0 saturated carbocycles. The molecular formula is C12H20FINO-. The summed E-state index contributed by atoms with van der Waals surface area (Å²) in [6.45, 7) is 3.15. The van der Waals surface area contributed by atoms with Crippen molar-refractivity contribution in [1.29, 1.82) is 0 Å².